The summed E-state index contributed by atoms with van der Waals surface area (Å²) in [6.45, 7) is 7.11. The van der Waals surface area contributed by atoms with E-state index in [0.29, 0.717) is 11.8 Å². The van der Waals surface area contributed by atoms with E-state index in [-0.39, 0.29) is 5.56 Å². The van der Waals surface area contributed by atoms with Crippen molar-refractivity contribution in [2.75, 3.05) is 13.1 Å². The minimum atomic E-state index is 0.102. The molecular weight excluding hydrogens is 190 g/mol. The molecule has 0 spiro atoms. The third kappa shape index (κ3) is 2.31. The van der Waals surface area contributed by atoms with Gasteiger partial charge in [-0.2, -0.15) is 0 Å². The highest BCUT2D eigenvalue weighted by molar-refractivity contribution is 5.04. The van der Waals surface area contributed by atoms with E-state index in [4.69, 9.17) is 0 Å². The number of aromatic nitrogens is 2. The Morgan fingerprint density at radius 1 is 1.60 bits per heavy atom. The Morgan fingerprint density at radius 3 is 2.93 bits per heavy atom. The standard InChI is InChI=1S/C11H19N3O/c1-8(2)10-5-11(15)14(13-10)7-9-3-4-12-6-9/h5,8-9,12-13H,3-4,6-7H2,1-2H3. The summed E-state index contributed by atoms with van der Waals surface area (Å²) >= 11 is 0. The third-order valence-electron chi connectivity index (χ3n) is 3.03. The number of rotatable bonds is 3. The molecule has 15 heavy (non-hydrogen) atoms. The molecule has 2 N–H and O–H groups in total. The Hall–Kier alpha value is -1.03. The van der Waals surface area contributed by atoms with Gasteiger partial charge in [-0.1, -0.05) is 13.8 Å². The van der Waals surface area contributed by atoms with Crippen molar-refractivity contribution in [1.82, 2.24) is 15.1 Å². The van der Waals surface area contributed by atoms with E-state index in [2.05, 4.69) is 24.3 Å². The maximum atomic E-state index is 11.6. The second-order valence-electron chi connectivity index (χ2n) is 4.67. The summed E-state index contributed by atoms with van der Waals surface area (Å²) in [5.41, 5.74) is 1.14. The molecule has 0 amide bonds. The summed E-state index contributed by atoms with van der Waals surface area (Å²) in [5, 5.41) is 6.50. The molecule has 1 aliphatic rings. The second-order valence-corrected chi connectivity index (χ2v) is 4.67. The van der Waals surface area contributed by atoms with E-state index in [1.165, 1.54) is 6.42 Å². The maximum absolute atomic E-state index is 11.6. The van der Waals surface area contributed by atoms with Crippen molar-refractivity contribution in [2.24, 2.45) is 5.92 Å². The number of aromatic amines is 1. The van der Waals surface area contributed by atoms with Gasteiger partial charge < -0.3 is 5.32 Å². The van der Waals surface area contributed by atoms with Crippen LogP contribution in [0.25, 0.3) is 0 Å². The lowest BCUT2D eigenvalue weighted by atomic mass is 10.1. The fraction of sp³-hybridized carbons (Fsp3) is 0.727. The quantitative estimate of drug-likeness (QED) is 0.777. The van der Waals surface area contributed by atoms with Crippen LogP contribution in [0.15, 0.2) is 10.9 Å². The molecule has 2 heterocycles. The number of hydrogen-bond donors (Lipinski definition) is 2. The molecule has 0 aromatic carbocycles. The summed E-state index contributed by atoms with van der Waals surface area (Å²) in [4.78, 5) is 11.6. The SMILES string of the molecule is CC(C)c1cc(=O)n(CC2CCNC2)[nH]1. The molecule has 0 radical (unpaired) electrons. The molecule has 84 valence electrons. The first-order valence-corrected chi connectivity index (χ1v) is 5.67. The van der Waals surface area contributed by atoms with Crippen molar-refractivity contribution in [3.63, 3.8) is 0 Å². The summed E-state index contributed by atoms with van der Waals surface area (Å²) in [5.74, 6) is 0.988. The zero-order valence-corrected chi connectivity index (χ0v) is 9.42. The van der Waals surface area contributed by atoms with Crippen molar-refractivity contribution < 1.29 is 0 Å². The van der Waals surface area contributed by atoms with Crippen molar-refractivity contribution in [3.05, 3.63) is 22.1 Å². The number of nitrogens with one attached hydrogen (secondary N) is 2. The average Bonchev–Trinajstić information content (AvgIpc) is 2.77. The van der Waals surface area contributed by atoms with Crippen LogP contribution in [0.5, 0.6) is 0 Å². The van der Waals surface area contributed by atoms with Gasteiger partial charge in [0.1, 0.15) is 0 Å². The Labute approximate surface area is 89.7 Å². The van der Waals surface area contributed by atoms with Gasteiger partial charge >= 0.3 is 0 Å². The zero-order valence-electron chi connectivity index (χ0n) is 9.42. The van der Waals surface area contributed by atoms with Crippen LogP contribution in [0.1, 0.15) is 31.9 Å². The van der Waals surface area contributed by atoms with Crippen LogP contribution in [-0.2, 0) is 6.54 Å². The fourth-order valence-corrected chi connectivity index (χ4v) is 2.01. The molecule has 1 atom stereocenters. The van der Waals surface area contributed by atoms with Crippen molar-refractivity contribution in [2.45, 2.75) is 32.7 Å². The largest absolute Gasteiger partial charge is 0.316 e. The molecular formula is C11H19N3O. The predicted molar refractivity (Wildman–Crippen MR) is 60.1 cm³/mol. The van der Waals surface area contributed by atoms with Gasteiger partial charge in [0.15, 0.2) is 0 Å². The predicted octanol–water partition coefficient (Wildman–Crippen LogP) is 0.909. The molecule has 1 unspecified atom stereocenters. The molecule has 1 saturated heterocycles. The van der Waals surface area contributed by atoms with Crippen molar-refractivity contribution in [3.8, 4) is 0 Å². The molecule has 0 saturated carbocycles. The average molecular weight is 209 g/mol. The van der Waals surface area contributed by atoms with Crippen molar-refractivity contribution >= 4 is 0 Å². The third-order valence-corrected chi connectivity index (χ3v) is 3.03. The molecule has 0 aliphatic carbocycles. The van der Waals surface area contributed by atoms with Gasteiger partial charge in [0.25, 0.3) is 5.56 Å². The number of H-pyrrole nitrogens is 1. The summed E-state index contributed by atoms with van der Waals surface area (Å²) in [6, 6.07) is 1.72. The van der Waals surface area contributed by atoms with E-state index in [1.54, 1.807) is 10.7 Å². The summed E-state index contributed by atoms with van der Waals surface area (Å²) in [6.07, 6.45) is 1.17. The fourth-order valence-electron chi connectivity index (χ4n) is 2.01. The van der Waals surface area contributed by atoms with Gasteiger partial charge in [-0.05, 0) is 31.3 Å². The molecule has 1 aromatic rings. The van der Waals surface area contributed by atoms with Crippen LogP contribution in [0, 0.1) is 5.92 Å². The first-order valence-electron chi connectivity index (χ1n) is 5.67. The van der Waals surface area contributed by atoms with Gasteiger partial charge in [0, 0.05) is 18.3 Å². The number of hydrogen-bond acceptors (Lipinski definition) is 2. The van der Waals surface area contributed by atoms with Gasteiger partial charge in [-0.3, -0.25) is 14.6 Å². The maximum Gasteiger partial charge on any atom is 0.266 e. The Bertz CT molecular complexity index is 371. The second kappa shape index (κ2) is 4.23. The number of nitrogens with zero attached hydrogens (tertiary/aromatic N) is 1. The van der Waals surface area contributed by atoms with Crippen LogP contribution < -0.4 is 10.9 Å². The van der Waals surface area contributed by atoms with Crippen molar-refractivity contribution in [1.29, 1.82) is 0 Å². The monoisotopic (exact) mass is 209 g/mol. The van der Waals surface area contributed by atoms with Gasteiger partial charge in [0.05, 0.1) is 0 Å². The van der Waals surface area contributed by atoms with Gasteiger partial charge in [0.2, 0.25) is 0 Å². The van der Waals surface area contributed by atoms with Crippen LogP contribution in [-0.4, -0.2) is 22.9 Å². The minimum Gasteiger partial charge on any atom is -0.316 e. The normalized spacial score (nSPS) is 21.4. The Kier molecular flexibility index (Phi) is 2.95. The highest BCUT2D eigenvalue weighted by Gasteiger charge is 2.16. The van der Waals surface area contributed by atoms with E-state index in [0.717, 1.165) is 25.3 Å². The van der Waals surface area contributed by atoms with Gasteiger partial charge in [-0.15, -0.1) is 0 Å². The lowest BCUT2D eigenvalue weighted by Crippen LogP contribution is -2.22. The lowest BCUT2D eigenvalue weighted by molar-refractivity contribution is 0.437. The summed E-state index contributed by atoms with van der Waals surface area (Å²) in [7, 11) is 0. The van der Waals surface area contributed by atoms with Crippen LogP contribution in [0.4, 0.5) is 0 Å². The molecule has 2 rings (SSSR count). The van der Waals surface area contributed by atoms with E-state index >= 15 is 0 Å². The van der Waals surface area contributed by atoms with Crippen LogP contribution >= 0.6 is 0 Å². The zero-order chi connectivity index (χ0) is 10.8. The Balaban J connectivity index is 2.10. The van der Waals surface area contributed by atoms with Crippen LogP contribution in [0.2, 0.25) is 0 Å². The first kappa shape index (κ1) is 10.5. The Morgan fingerprint density at radius 2 is 2.40 bits per heavy atom. The molecule has 4 heteroatoms. The topological polar surface area (TPSA) is 49.8 Å². The van der Waals surface area contributed by atoms with Gasteiger partial charge in [-0.25, -0.2) is 0 Å². The molecule has 1 aliphatic heterocycles. The molecule has 4 nitrogen and oxygen atoms in total. The first-order chi connectivity index (χ1) is 7.16. The minimum absolute atomic E-state index is 0.102. The molecule has 0 bridgehead atoms. The van der Waals surface area contributed by atoms with Crippen LogP contribution in [0.3, 0.4) is 0 Å². The van der Waals surface area contributed by atoms with E-state index in [1.807, 2.05) is 0 Å². The van der Waals surface area contributed by atoms with E-state index < -0.39 is 0 Å². The summed E-state index contributed by atoms with van der Waals surface area (Å²) < 4.78 is 1.74. The van der Waals surface area contributed by atoms with E-state index in [9.17, 15) is 4.79 Å². The lowest BCUT2D eigenvalue weighted by Gasteiger charge is -2.08. The molecule has 1 aromatic heterocycles. The molecule has 1 fully saturated rings. The highest BCUT2D eigenvalue weighted by Crippen LogP contribution is 2.11. The smallest absolute Gasteiger partial charge is 0.266 e. The highest BCUT2D eigenvalue weighted by atomic mass is 16.1.